The third-order valence-electron chi connectivity index (χ3n) is 4.61. The van der Waals surface area contributed by atoms with E-state index in [1.54, 1.807) is 7.11 Å². The van der Waals surface area contributed by atoms with Gasteiger partial charge in [0.1, 0.15) is 5.75 Å². The molecule has 0 radical (unpaired) electrons. The van der Waals surface area contributed by atoms with Gasteiger partial charge < -0.3 is 20.1 Å². The van der Waals surface area contributed by atoms with E-state index in [0.29, 0.717) is 13.0 Å². The van der Waals surface area contributed by atoms with Gasteiger partial charge in [-0.1, -0.05) is 12.1 Å². The third kappa shape index (κ3) is 5.65. The van der Waals surface area contributed by atoms with E-state index in [9.17, 15) is 4.79 Å². The summed E-state index contributed by atoms with van der Waals surface area (Å²) in [5.41, 5.74) is 1.21. The maximum Gasteiger partial charge on any atom is 0.220 e. The summed E-state index contributed by atoms with van der Waals surface area (Å²) in [5.74, 6) is 0.978. The van der Waals surface area contributed by atoms with Gasteiger partial charge in [0.25, 0.3) is 0 Å². The van der Waals surface area contributed by atoms with Gasteiger partial charge in [-0.2, -0.15) is 0 Å². The van der Waals surface area contributed by atoms with E-state index in [2.05, 4.69) is 22.8 Å². The first-order valence-corrected chi connectivity index (χ1v) is 8.34. The van der Waals surface area contributed by atoms with Crippen LogP contribution in [0.5, 0.6) is 5.75 Å². The zero-order valence-electron chi connectivity index (χ0n) is 14.6. The van der Waals surface area contributed by atoms with Crippen LogP contribution in [0.15, 0.2) is 24.3 Å². The number of ether oxygens (including phenoxy) is 2. The van der Waals surface area contributed by atoms with Crippen LogP contribution in [-0.2, 0) is 14.9 Å². The van der Waals surface area contributed by atoms with Crippen LogP contribution in [0.3, 0.4) is 0 Å². The van der Waals surface area contributed by atoms with Gasteiger partial charge in [-0.25, -0.2) is 0 Å². The second-order valence-corrected chi connectivity index (χ2v) is 6.11. The molecule has 1 amide bonds. The summed E-state index contributed by atoms with van der Waals surface area (Å²) >= 11 is 0. The molecule has 0 bridgehead atoms. The van der Waals surface area contributed by atoms with Crippen molar-refractivity contribution >= 4 is 18.3 Å². The molecule has 0 unspecified atom stereocenters. The second-order valence-electron chi connectivity index (χ2n) is 6.11. The molecule has 1 fully saturated rings. The Labute approximate surface area is 150 Å². The lowest BCUT2D eigenvalue weighted by atomic mass is 9.74. The molecular formula is C18H29ClN2O3. The molecule has 2 rings (SSSR count). The monoisotopic (exact) mass is 356 g/mol. The van der Waals surface area contributed by atoms with E-state index >= 15 is 0 Å². The van der Waals surface area contributed by atoms with E-state index in [4.69, 9.17) is 9.47 Å². The highest BCUT2D eigenvalue weighted by Gasteiger charge is 2.34. The number of carbonyl (C=O) groups excluding carboxylic acids is 1. The summed E-state index contributed by atoms with van der Waals surface area (Å²) in [7, 11) is 3.57. The van der Waals surface area contributed by atoms with Gasteiger partial charge in [0, 0.05) is 31.6 Å². The Bertz CT molecular complexity index is 488. The highest BCUT2D eigenvalue weighted by molar-refractivity contribution is 5.85. The quantitative estimate of drug-likeness (QED) is 0.701. The molecule has 1 aliphatic heterocycles. The molecule has 1 heterocycles. The summed E-state index contributed by atoms with van der Waals surface area (Å²) in [6.45, 7) is 3.01. The van der Waals surface area contributed by atoms with E-state index in [1.807, 2.05) is 19.2 Å². The number of rotatable bonds is 8. The first-order chi connectivity index (χ1) is 11.2. The predicted octanol–water partition coefficient (Wildman–Crippen LogP) is 2.28. The Morgan fingerprint density at radius 2 is 1.92 bits per heavy atom. The van der Waals surface area contributed by atoms with Crippen molar-refractivity contribution in [3.05, 3.63) is 29.8 Å². The molecule has 1 saturated heterocycles. The summed E-state index contributed by atoms with van der Waals surface area (Å²) in [6, 6.07) is 8.19. The second kappa shape index (κ2) is 10.5. The lowest BCUT2D eigenvalue weighted by Gasteiger charge is -2.38. The normalized spacial score (nSPS) is 16.1. The zero-order chi connectivity index (χ0) is 16.5. The molecule has 6 heteroatoms. The van der Waals surface area contributed by atoms with E-state index in [1.165, 1.54) is 5.56 Å². The molecule has 0 aromatic heterocycles. The van der Waals surface area contributed by atoms with Crippen LogP contribution in [0.25, 0.3) is 0 Å². The Morgan fingerprint density at radius 3 is 2.50 bits per heavy atom. The third-order valence-corrected chi connectivity index (χ3v) is 4.61. The smallest absolute Gasteiger partial charge is 0.220 e. The molecule has 0 aliphatic carbocycles. The maximum atomic E-state index is 12.0. The molecule has 1 aromatic rings. The van der Waals surface area contributed by atoms with Crippen molar-refractivity contribution in [1.82, 2.24) is 10.6 Å². The molecule has 0 atom stereocenters. The lowest BCUT2D eigenvalue weighted by molar-refractivity contribution is -0.121. The first-order valence-electron chi connectivity index (χ1n) is 8.34. The molecule has 2 N–H and O–H groups in total. The molecular weight excluding hydrogens is 328 g/mol. The molecule has 1 aromatic carbocycles. The fraction of sp³-hybridized carbons (Fsp3) is 0.611. The topological polar surface area (TPSA) is 59.6 Å². The summed E-state index contributed by atoms with van der Waals surface area (Å²) in [4.78, 5) is 12.0. The van der Waals surface area contributed by atoms with Gasteiger partial charge in [0.15, 0.2) is 0 Å². The van der Waals surface area contributed by atoms with E-state index in [0.717, 1.165) is 44.8 Å². The lowest BCUT2D eigenvalue weighted by Crippen LogP contribution is -2.44. The van der Waals surface area contributed by atoms with Crippen LogP contribution >= 0.6 is 12.4 Å². The number of hydrogen-bond acceptors (Lipinski definition) is 4. The minimum absolute atomic E-state index is 0. The number of carbonyl (C=O) groups is 1. The number of nitrogens with one attached hydrogen (secondary N) is 2. The minimum Gasteiger partial charge on any atom is -0.497 e. The number of halogens is 1. The molecule has 136 valence electrons. The van der Waals surface area contributed by atoms with Crippen molar-refractivity contribution in [1.29, 1.82) is 0 Å². The van der Waals surface area contributed by atoms with Crippen molar-refractivity contribution in [3.63, 3.8) is 0 Å². The standard InChI is InChI=1S/C18H28N2O3.ClH/c1-19-11-3-4-17(21)20-14-18(9-12-23-13-10-18)15-5-7-16(22-2)8-6-15;/h5-8,19H,3-4,9-14H2,1-2H3,(H,20,21);1H. The highest BCUT2D eigenvalue weighted by Crippen LogP contribution is 2.35. The van der Waals surface area contributed by atoms with Crippen LogP contribution in [0, 0.1) is 0 Å². The van der Waals surface area contributed by atoms with Gasteiger partial charge >= 0.3 is 0 Å². The fourth-order valence-corrected chi connectivity index (χ4v) is 3.06. The zero-order valence-corrected chi connectivity index (χ0v) is 15.4. The molecule has 5 nitrogen and oxygen atoms in total. The first kappa shape index (κ1) is 20.7. The van der Waals surface area contributed by atoms with Crippen LogP contribution in [0.1, 0.15) is 31.2 Å². The Morgan fingerprint density at radius 1 is 1.25 bits per heavy atom. The average Bonchev–Trinajstić information content (AvgIpc) is 2.61. The van der Waals surface area contributed by atoms with Crippen LogP contribution in [-0.4, -0.2) is 46.4 Å². The van der Waals surface area contributed by atoms with Crippen molar-refractivity contribution in [2.45, 2.75) is 31.1 Å². The van der Waals surface area contributed by atoms with Crippen molar-refractivity contribution in [3.8, 4) is 5.75 Å². The van der Waals surface area contributed by atoms with Gasteiger partial charge in [0.05, 0.1) is 7.11 Å². The van der Waals surface area contributed by atoms with E-state index in [-0.39, 0.29) is 23.7 Å². The molecule has 0 spiro atoms. The summed E-state index contributed by atoms with van der Waals surface area (Å²) < 4.78 is 10.8. The van der Waals surface area contributed by atoms with Gasteiger partial charge in [-0.15, -0.1) is 12.4 Å². The number of benzene rings is 1. The van der Waals surface area contributed by atoms with E-state index < -0.39 is 0 Å². The SMILES string of the molecule is CNCCCC(=O)NCC1(c2ccc(OC)cc2)CCOCC1.Cl. The fourth-order valence-electron chi connectivity index (χ4n) is 3.06. The largest absolute Gasteiger partial charge is 0.497 e. The van der Waals surface area contributed by atoms with Crippen molar-refractivity contribution in [2.24, 2.45) is 0 Å². The highest BCUT2D eigenvalue weighted by atomic mass is 35.5. The van der Waals surface area contributed by atoms with Crippen LogP contribution in [0.4, 0.5) is 0 Å². The Kier molecular flexibility index (Phi) is 9.11. The van der Waals surface area contributed by atoms with Crippen molar-refractivity contribution in [2.75, 3.05) is 40.5 Å². The van der Waals surface area contributed by atoms with Gasteiger partial charge in [-0.3, -0.25) is 4.79 Å². The predicted molar refractivity (Wildman–Crippen MR) is 98.1 cm³/mol. The number of amides is 1. The minimum atomic E-state index is -0.0385. The summed E-state index contributed by atoms with van der Waals surface area (Å²) in [6.07, 6.45) is 3.28. The molecule has 0 saturated carbocycles. The van der Waals surface area contributed by atoms with Crippen LogP contribution in [0.2, 0.25) is 0 Å². The number of hydrogen-bond donors (Lipinski definition) is 2. The van der Waals surface area contributed by atoms with Gasteiger partial charge in [0.2, 0.25) is 5.91 Å². The van der Waals surface area contributed by atoms with Gasteiger partial charge in [-0.05, 0) is 50.6 Å². The summed E-state index contributed by atoms with van der Waals surface area (Å²) in [5, 5.41) is 6.19. The average molecular weight is 357 g/mol. The molecule has 24 heavy (non-hydrogen) atoms. The Hall–Kier alpha value is -1.30. The van der Waals surface area contributed by atoms with Crippen LogP contribution < -0.4 is 15.4 Å². The maximum absolute atomic E-state index is 12.0. The Balaban J connectivity index is 0.00000288. The molecule has 1 aliphatic rings. The van der Waals surface area contributed by atoms with Crippen molar-refractivity contribution < 1.29 is 14.3 Å². The number of methoxy groups -OCH3 is 1.